The lowest BCUT2D eigenvalue weighted by Gasteiger charge is -2.08. The molecule has 0 spiro atoms. The van der Waals surface area contributed by atoms with E-state index in [0.29, 0.717) is 22.2 Å². The van der Waals surface area contributed by atoms with Gasteiger partial charge in [0, 0.05) is 27.6 Å². The zero-order valence-electron chi connectivity index (χ0n) is 12.2. The second-order valence-corrected chi connectivity index (χ2v) is 5.66. The largest absolute Gasteiger partial charge is 0.481 e. The fourth-order valence-electron chi connectivity index (χ4n) is 1.89. The van der Waals surface area contributed by atoms with Gasteiger partial charge in [-0.1, -0.05) is 52.6 Å². The summed E-state index contributed by atoms with van der Waals surface area (Å²) < 4.78 is 0. The third kappa shape index (κ3) is 5.58. The number of carboxylic acid groups (broad SMARTS) is 1. The van der Waals surface area contributed by atoms with Gasteiger partial charge in [-0.2, -0.15) is 0 Å². The lowest BCUT2D eigenvalue weighted by Crippen LogP contribution is -2.05. The molecule has 0 unspecified atom stereocenters. The zero-order chi connectivity index (χ0) is 16.7. The van der Waals surface area contributed by atoms with Crippen molar-refractivity contribution in [3.63, 3.8) is 0 Å². The van der Waals surface area contributed by atoms with E-state index in [1.807, 2.05) is 24.3 Å². The van der Waals surface area contributed by atoms with E-state index in [1.165, 1.54) is 0 Å². The molecule has 0 amide bonds. The summed E-state index contributed by atoms with van der Waals surface area (Å²) in [5.41, 5.74) is 2.32. The molecule has 120 valence electrons. The molecule has 0 bridgehead atoms. The quantitative estimate of drug-likeness (QED) is 0.449. The Morgan fingerprint density at radius 1 is 0.957 bits per heavy atom. The fraction of sp³-hybridized carbons (Fsp3) is 0.176. The van der Waals surface area contributed by atoms with Crippen molar-refractivity contribution < 1.29 is 14.7 Å². The Balaban J connectivity index is 2.19. The Labute approximate surface area is 144 Å². The standard InChI is InChI=1S/C17H15Cl2NO3/c18-14-7-3-12(4-8-14)17(13-5-9-15(19)10-6-13)20-23-11-1-2-16(21)22/h3-10H,1-2,11H2,(H,21,22). The van der Waals surface area contributed by atoms with Crippen LogP contribution in [0.25, 0.3) is 0 Å². The Morgan fingerprint density at radius 3 is 1.87 bits per heavy atom. The van der Waals surface area contributed by atoms with Gasteiger partial charge >= 0.3 is 5.97 Å². The van der Waals surface area contributed by atoms with Crippen LogP contribution in [0.2, 0.25) is 10.0 Å². The number of carboxylic acids is 1. The van der Waals surface area contributed by atoms with Gasteiger partial charge in [0.2, 0.25) is 0 Å². The van der Waals surface area contributed by atoms with E-state index in [2.05, 4.69) is 5.16 Å². The fourth-order valence-corrected chi connectivity index (χ4v) is 2.14. The van der Waals surface area contributed by atoms with Crippen molar-refractivity contribution in [3.05, 3.63) is 69.7 Å². The first-order chi connectivity index (χ1) is 11.1. The average Bonchev–Trinajstić information content (AvgIpc) is 2.53. The van der Waals surface area contributed by atoms with Crippen LogP contribution in [0.5, 0.6) is 0 Å². The third-order valence-electron chi connectivity index (χ3n) is 3.02. The highest BCUT2D eigenvalue weighted by Crippen LogP contribution is 2.17. The number of halogens is 2. The molecule has 0 saturated carbocycles. The molecule has 0 heterocycles. The lowest BCUT2D eigenvalue weighted by atomic mass is 10.0. The predicted octanol–water partition coefficient (Wildman–Crippen LogP) is 4.63. The van der Waals surface area contributed by atoms with E-state index in [4.69, 9.17) is 33.1 Å². The van der Waals surface area contributed by atoms with Crippen LogP contribution in [0.3, 0.4) is 0 Å². The van der Waals surface area contributed by atoms with E-state index in [1.54, 1.807) is 24.3 Å². The highest BCUT2D eigenvalue weighted by molar-refractivity contribution is 6.31. The van der Waals surface area contributed by atoms with Gasteiger partial charge < -0.3 is 9.94 Å². The molecule has 0 aromatic heterocycles. The van der Waals surface area contributed by atoms with Gasteiger partial charge in [0.1, 0.15) is 12.3 Å². The number of aliphatic carboxylic acids is 1. The first-order valence-corrected chi connectivity index (χ1v) is 7.75. The molecule has 0 aliphatic carbocycles. The van der Waals surface area contributed by atoms with Crippen LogP contribution in [0.4, 0.5) is 0 Å². The second-order valence-electron chi connectivity index (χ2n) is 4.78. The molecular weight excluding hydrogens is 337 g/mol. The summed E-state index contributed by atoms with van der Waals surface area (Å²) in [7, 11) is 0. The first kappa shape index (κ1) is 17.3. The summed E-state index contributed by atoms with van der Waals surface area (Å²) >= 11 is 11.8. The number of nitrogens with zero attached hydrogens (tertiary/aromatic N) is 1. The Kier molecular flexibility index (Phi) is 6.44. The van der Waals surface area contributed by atoms with Gasteiger partial charge in [-0.15, -0.1) is 0 Å². The van der Waals surface area contributed by atoms with Crippen LogP contribution in [0.15, 0.2) is 53.7 Å². The van der Waals surface area contributed by atoms with E-state index >= 15 is 0 Å². The van der Waals surface area contributed by atoms with Crippen LogP contribution in [0, 0.1) is 0 Å². The molecule has 0 radical (unpaired) electrons. The molecule has 1 N–H and O–H groups in total. The van der Waals surface area contributed by atoms with Gasteiger partial charge in [-0.25, -0.2) is 0 Å². The van der Waals surface area contributed by atoms with E-state index < -0.39 is 5.97 Å². The SMILES string of the molecule is O=C(O)CCCON=C(c1ccc(Cl)cc1)c1ccc(Cl)cc1. The molecule has 0 saturated heterocycles. The molecule has 0 atom stereocenters. The maximum Gasteiger partial charge on any atom is 0.303 e. The average molecular weight is 352 g/mol. The predicted molar refractivity (Wildman–Crippen MR) is 91.4 cm³/mol. The van der Waals surface area contributed by atoms with Crippen LogP contribution in [-0.4, -0.2) is 23.4 Å². The molecule has 6 heteroatoms. The molecule has 0 fully saturated rings. The minimum atomic E-state index is -0.854. The Morgan fingerprint density at radius 2 is 1.43 bits per heavy atom. The summed E-state index contributed by atoms with van der Waals surface area (Å²) in [6.45, 7) is 0.233. The minimum absolute atomic E-state index is 0.0484. The highest BCUT2D eigenvalue weighted by Gasteiger charge is 2.08. The smallest absolute Gasteiger partial charge is 0.303 e. The van der Waals surface area contributed by atoms with Crippen molar-refractivity contribution in [2.24, 2.45) is 5.16 Å². The van der Waals surface area contributed by atoms with Crippen molar-refractivity contribution >= 4 is 34.9 Å². The molecule has 0 aliphatic heterocycles. The van der Waals surface area contributed by atoms with Gasteiger partial charge in [0.25, 0.3) is 0 Å². The molecule has 0 aliphatic rings. The van der Waals surface area contributed by atoms with Crippen LogP contribution >= 0.6 is 23.2 Å². The van der Waals surface area contributed by atoms with Gasteiger partial charge in [0.05, 0.1) is 0 Å². The number of hydrogen-bond acceptors (Lipinski definition) is 3. The van der Waals surface area contributed by atoms with Crippen molar-refractivity contribution in [1.29, 1.82) is 0 Å². The molecular formula is C17H15Cl2NO3. The maximum absolute atomic E-state index is 10.5. The minimum Gasteiger partial charge on any atom is -0.481 e. The van der Waals surface area contributed by atoms with Crippen LogP contribution in [0.1, 0.15) is 24.0 Å². The summed E-state index contributed by atoms with van der Waals surface area (Å²) in [6, 6.07) is 14.5. The van der Waals surface area contributed by atoms with E-state index in [0.717, 1.165) is 11.1 Å². The summed E-state index contributed by atoms with van der Waals surface area (Å²) in [6.07, 6.45) is 0.445. The topological polar surface area (TPSA) is 58.9 Å². The van der Waals surface area contributed by atoms with E-state index in [9.17, 15) is 4.79 Å². The van der Waals surface area contributed by atoms with Gasteiger partial charge in [0.15, 0.2) is 0 Å². The molecule has 4 nitrogen and oxygen atoms in total. The number of carbonyl (C=O) groups is 1. The number of rotatable bonds is 7. The monoisotopic (exact) mass is 351 g/mol. The molecule has 2 aromatic rings. The maximum atomic E-state index is 10.5. The third-order valence-corrected chi connectivity index (χ3v) is 3.52. The number of oxime groups is 1. The van der Waals surface area contributed by atoms with Crippen molar-refractivity contribution in [3.8, 4) is 0 Å². The summed E-state index contributed by atoms with van der Waals surface area (Å²) in [4.78, 5) is 15.8. The summed E-state index contributed by atoms with van der Waals surface area (Å²) in [5.74, 6) is -0.854. The van der Waals surface area contributed by atoms with Gasteiger partial charge in [-0.3, -0.25) is 4.79 Å². The van der Waals surface area contributed by atoms with Crippen molar-refractivity contribution in [1.82, 2.24) is 0 Å². The first-order valence-electron chi connectivity index (χ1n) is 7.00. The van der Waals surface area contributed by atoms with Crippen LogP contribution in [-0.2, 0) is 9.63 Å². The molecule has 2 rings (SSSR count). The number of benzene rings is 2. The van der Waals surface area contributed by atoms with Gasteiger partial charge in [-0.05, 0) is 30.7 Å². The molecule has 2 aromatic carbocycles. The van der Waals surface area contributed by atoms with Crippen molar-refractivity contribution in [2.75, 3.05) is 6.61 Å². The summed E-state index contributed by atoms with van der Waals surface area (Å²) in [5, 5.41) is 14.0. The zero-order valence-corrected chi connectivity index (χ0v) is 13.7. The Bertz CT molecular complexity index is 634. The molecule has 23 heavy (non-hydrogen) atoms. The van der Waals surface area contributed by atoms with Crippen molar-refractivity contribution in [2.45, 2.75) is 12.8 Å². The normalized spacial score (nSPS) is 10.2. The number of hydrogen-bond donors (Lipinski definition) is 1. The van der Waals surface area contributed by atoms with Crippen LogP contribution < -0.4 is 0 Å². The van der Waals surface area contributed by atoms with E-state index in [-0.39, 0.29) is 13.0 Å². The lowest BCUT2D eigenvalue weighted by molar-refractivity contribution is -0.137. The second kappa shape index (κ2) is 8.56. The highest BCUT2D eigenvalue weighted by atomic mass is 35.5. The Hall–Kier alpha value is -2.04.